The van der Waals surface area contributed by atoms with Crippen molar-refractivity contribution in [3.8, 4) is 0 Å². The van der Waals surface area contributed by atoms with Crippen molar-refractivity contribution in [3.63, 3.8) is 0 Å². The summed E-state index contributed by atoms with van der Waals surface area (Å²) in [5.74, 6) is 0.839. The van der Waals surface area contributed by atoms with E-state index >= 15 is 0 Å². The predicted molar refractivity (Wildman–Crippen MR) is 97.8 cm³/mol. The fourth-order valence-electron chi connectivity index (χ4n) is 2.93. The number of guanidine groups is 1. The van der Waals surface area contributed by atoms with Crippen molar-refractivity contribution < 1.29 is 4.74 Å². The molecule has 1 aromatic carbocycles. The van der Waals surface area contributed by atoms with Gasteiger partial charge in [0.1, 0.15) is 0 Å². The molecule has 1 fully saturated rings. The Bertz CT molecular complexity index is 535. The van der Waals surface area contributed by atoms with Gasteiger partial charge >= 0.3 is 0 Å². The summed E-state index contributed by atoms with van der Waals surface area (Å²) in [4.78, 5) is 4.79. The Morgan fingerprint density at radius 2 is 1.83 bits per heavy atom. The molecule has 1 saturated heterocycles. The third kappa shape index (κ3) is 4.75. The zero-order valence-corrected chi connectivity index (χ0v) is 15.3. The summed E-state index contributed by atoms with van der Waals surface area (Å²) >= 11 is 12.5. The predicted octanol–water partition coefficient (Wildman–Crippen LogP) is 3.62. The molecule has 2 rings (SSSR count). The van der Waals surface area contributed by atoms with Gasteiger partial charge in [-0.3, -0.25) is 4.99 Å². The largest absolute Gasteiger partial charge is 0.381 e. The number of halogens is 2. The molecule has 2 N–H and O–H groups in total. The van der Waals surface area contributed by atoms with Crippen LogP contribution in [-0.4, -0.2) is 38.8 Å². The second kappa shape index (κ2) is 8.76. The zero-order valence-electron chi connectivity index (χ0n) is 13.8. The average molecular weight is 358 g/mol. The van der Waals surface area contributed by atoms with Crippen LogP contribution in [0.2, 0.25) is 10.0 Å². The van der Waals surface area contributed by atoms with Gasteiger partial charge in [-0.2, -0.15) is 0 Å². The molecule has 128 valence electrons. The molecule has 0 unspecified atom stereocenters. The van der Waals surface area contributed by atoms with Gasteiger partial charge in [0.2, 0.25) is 0 Å². The normalized spacial score (nSPS) is 16.7. The van der Waals surface area contributed by atoms with Crippen molar-refractivity contribution in [2.45, 2.75) is 32.1 Å². The van der Waals surface area contributed by atoms with Crippen LogP contribution in [0.3, 0.4) is 0 Å². The number of aliphatic imine (C=N–C) groups is 1. The average Bonchev–Trinajstić information content (AvgIpc) is 2.54. The zero-order chi connectivity index (χ0) is 16.7. The van der Waals surface area contributed by atoms with E-state index in [1.807, 2.05) is 18.2 Å². The first-order chi connectivity index (χ1) is 11.1. The fourth-order valence-corrected chi connectivity index (χ4v) is 3.54. The molecule has 0 aromatic heterocycles. The highest BCUT2D eigenvalue weighted by Crippen LogP contribution is 2.39. The second-order valence-corrected chi connectivity index (χ2v) is 6.59. The van der Waals surface area contributed by atoms with E-state index < -0.39 is 0 Å². The van der Waals surface area contributed by atoms with Gasteiger partial charge in [0.25, 0.3) is 0 Å². The van der Waals surface area contributed by atoms with Gasteiger partial charge in [-0.05, 0) is 44.4 Å². The van der Waals surface area contributed by atoms with Crippen LogP contribution in [0.1, 0.15) is 32.3 Å². The number of benzene rings is 1. The summed E-state index contributed by atoms with van der Waals surface area (Å²) in [6.07, 6.45) is 1.81. The van der Waals surface area contributed by atoms with E-state index in [1.165, 1.54) is 0 Å². The standard InChI is InChI=1S/C17H25Cl2N3O/c1-3-20-16(21-4-2)22-12-17(7-9-23-10-8-17)14-6-5-13(18)11-15(14)19/h5-6,11H,3-4,7-10,12H2,1-2H3,(H2,20,21,22). The van der Waals surface area contributed by atoms with Crippen LogP contribution in [0.15, 0.2) is 23.2 Å². The van der Waals surface area contributed by atoms with E-state index in [0.29, 0.717) is 16.6 Å². The third-order valence-corrected chi connectivity index (χ3v) is 4.73. The lowest BCUT2D eigenvalue weighted by atomic mass is 9.74. The lowest BCUT2D eigenvalue weighted by Gasteiger charge is -2.37. The number of nitrogens with zero attached hydrogens (tertiary/aromatic N) is 1. The molecule has 1 aliphatic rings. The van der Waals surface area contributed by atoms with Crippen LogP contribution in [0.4, 0.5) is 0 Å². The number of ether oxygens (including phenoxy) is 1. The molecular weight excluding hydrogens is 333 g/mol. The highest BCUT2D eigenvalue weighted by atomic mass is 35.5. The van der Waals surface area contributed by atoms with Crippen molar-refractivity contribution in [2.24, 2.45) is 4.99 Å². The SMILES string of the molecule is CCNC(=NCC1(c2ccc(Cl)cc2Cl)CCOCC1)NCC. The quantitative estimate of drug-likeness (QED) is 0.624. The Morgan fingerprint density at radius 3 is 2.39 bits per heavy atom. The van der Waals surface area contributed by atoms with E-state index in [9.17, 15) is 0 Å². The topological polar surface area (TPSA) is 45.7 Å². The van der Waals surface area contributed by atoms with Gasteiger partial charge in [-0.25, -0.2) is 0 Å². The van der Waals surface area contributed by atoms with Gasteiger partial charge in [-0.15, -0.1) is 0 Å². The van der Waals surface area contributed by atoms with Crippen LogP contribution in [-0.2, 0) is 10.2 Å². The number of nitrogens with one attached hydrogen (secondary N) is 2. The molecule has 1 aliphatic heterocycles. The summed E-state index contributed by atoms with van der Waals surface area (Å²) < 4.78 is 5.56. The maximum Gasteiger partial charge on any atom is 0.191 e. The smallest absolute Gasteiger partial charge is 0.191 e. The van der Waals surface area contributed by atoms with E-state index in [0.717, 1.165) is 50.7 Å². The molecule has 1 heterocycles. The van der Waals surface area contributed by atoms with E-state index in [-0.39, 0.29) is 5.41 Å². The molecule has 0 bridgehead atoms. The van der Waals surface area contributed by atoms with E-state index in [4.69, 9.17) is 32.9 Å². The molecule has 4 nitrogen and oxygen atoms in total. The van der Waals surface area contributed by atoms with Gasteiger partial charge < -0.3 is 15.4 Å². The minimum Gasteiger partial charge on any atom is -0.381 e. The highest BCUT2D eigenvalue weighted by molar-refractivity contribution is 6.35. The number of hydrogen-bond donors (Lipinski definition) is 2. The van der Waals surface area contributed by atoms with Gasteiger partial charge in [0.05, 0.1) is 6.54 Å². The fraction of sp³-hybridized carbons (Fsp3) is 0.588. The van der Waals surface area contributed by atoms with Crippen molar-refractivity contribution >= 4 is 29.2 Å². The molecule has 0 atom stereocenters. The van der Waals surface area contributed by atoms with Crippen LogP contribution in [0.25, 0.3) is 0 Å². The van der Waals surface area contributed by atoms with Crippen molar-refractivity contribution in [2.75, 3.05) is 32.8 Å². The molecule has 6 heteroatoms. The Hall–Kier alpha value is -0.970. The lowest BCUT2D eigenvalue weighted by Crippen LogP contribution is -2.41. The molecule has 0 radical (unpaired) electrons. The first-order valence-electron chi connectivity index (χ1n) is 8.17. The molecule has 0 amide bonds. The number of rotatable bonds is 5. The van der Waals surface area contributed by atoms with Gasteiger partial charge in [0, 0.05) is 41.8 Å². The molecule has 1 aromatic rings. The van der Waals surface area contributed by atoms with Gasteiger partial charge in [0.15, 0.2) is 5.96 Å². The van der Waals surface area contributed by atoms with Crippen molar-refractivity contribution in [1.82, 2.24) is 10.6 Å². The molecule has 0 saturated carbocycles. The Balaban J connectivity index is 2.30. The molecular formula is C17H25Cl2N3O. The van der Waals surface area contributed by atoms with Crippen LogP contribution >= 0.6 is 23.2 Å². The Morgan fingerprint density at radius 1 is 1.17 bits per heavy atom. The maximum absolute atomic E-state index is 6.49. The first kappa shape index (κ1) is 18.4. The van der Waals surface area contributed by atoms with Crippen molar-refractivity contribution in [1.29, 1.82) is 0 Å². The number of hydrogen-bond acceptors (Lipinski definition) is 2. The second-order valence-electron chi connectivity index (χ2n) is 5.74. The molecule has 0 aliphatic carbocycles. The summed E-state index contributed by atoms with van der Waals surface area (Å²) in [6, 6.07) is 5.75. The Labute approximate surface area is 148 Å². The van der Waals surface area contributed by atoms with Crippen LogP contribution < -0.4 is 10.6 Å². The van der Waals surface area contributed by atoms with E-state index in [1.54, 1.807) is 0 Å². The van der Waals surface area contributed by atoms with Crippen LogP contribution in [0, 0.1) is 0 Å². The monoisotopic (exact) mass is 357 g/mol. The summed E-state index contributed by atoms with van der Waals surface area (Å²) in [6.45, 7) is 7.93. The lowest BCUT2D eigenvalue weighted by molar-refractivity contribution is 0.0531. The third-order valence-electron chi connectivity index (χ3n) is 4.18. The first-order valence-corrected chi connectivity index (χ1v) is 8.92. The minimum atomic E-state index is -0.101. The molecule has 23 heavy (non-hydrogen) atoms. The minimum absolute atomic E-state index is 0.101. The van der Waals surface area contributed by atoms with Crippen molar-refractivity contribution in [3.05, 3.63) is 33.8 Å². The van der Waals surface area contributed by atoms with E-state index in [2.05, 4.69) is 24.5 Å². The summed E-state index contributed by atoms with van der Waals surface area (Å²) in [5.41, 5.74) is 1.01. The summed E-state index contributed by atoms with van der Waals surface area (Å²) in [7, 11) is 0. The van der Waals surface area contributed by atoms with Gasteiger partial charge in [-0.1, -0.05) is 29.3 Å². The molecule has 0 spiro atoms. The highest BCUT2D eigenvalue weighted by Gasteiger charge is 2.36. The van der Waals surface area contributed by atoms with Crippen LogP contribution in [0.5, 0.6) is 0 Å². The Kier molecular flexibility index (Phi) is 7.00. The summed E-state index contributed by atoms with van der Waals surface area (Å²) in [5, 5.41) is 7.91. The maximum atomic E-state index is 6.49.